The van der Waals surface area contributed by atoms with E-state index in [1.165, 1.54) is 28.6 Å². The summed E-state index contributed by atoms with van der Waals surface area (Å²) in [5.41, 5.74) is 6.16. The number of aliphatic hydroxyl groups is 1. The van der Waals surface area contributed by atoms with Crippen molar-refractivity contribution in [3.05, 3.63) is 59.5 Å². The summed E-state index contributed by atoms with van der Waals surface area (Å²) in [5.74, 6) is -0.171. The lowest BCUT2D eigenvalue weighted by atomic mass is 10.1. The van der Waals surface area contributed by atoms with Crippen LogP contribution in [0.3, 0.4) is 0 Å². The van der Waals surface area contributed by atoms with Gasteiger partial charge >= 0.3 is 0 Å². The molecule has 33 heavy (non-hydrogen) atoms. The van der Waals surface area contributed by atoms with Crippen LogP contribution in [0.4, 0.5) is 15.8 Å². The van der Waals surface area contributed by atoms with Crippen LogP contribution in [0.2, 0.25) is 0 Å². The first-order valence-corrected chi connectivity index (χ1v) is 12.3. The second-order valence-electron chi connectivity index (χ2n) is 9.53. The first-order valence-electron chi connectivity index (χ1n) is 12.3. The minimum Gasteiger partial charge on any atom is -0.394 e. The molecular weight excluding hydrogens is 415 g/mol. The molecule has 2 aromatic carbocycles. The second kappa shape index (κ2) is 9.74. The molecule has 5 rings (SSSR count). The molecule has 2 N–H and O–H groups in total. The molecule has 1 atom stereocenters. The van der Waals surface area contributed by atoms with Crippen molar-refractivity contribution in [2.45, 2.75) is 38.6 Å². The zero-order chi connectivity index (χ0) is 22.8. The number of anilines is 2. The van der Waals surface area contributed by atoms with Gasteiger partial charge in [0.1, 0.15) is 5.82 Å². The van der Waals surface area contributed by atoms with Crippen LogP contribution in [0.25, 0.3) is 10.9 Å². The summed E-state index contributed by atoms with van der Waals surface area (Å²) in [4.78, 5) is 10.7. The summed E-state index contributed by atoms with van der Waals surface area (Å²) in [6, 6.07) is 11.8. The highest BCUT2D eigenvalue weighted by molar-refractivity contribution is 5.83. The van der Waals surface area contributed by atoms with E-state index >= 15 is 0 Å². The fourth-order valence-corrected chi connectivity index (χ4v) is 5.67. The third-order valence-electron chi connectivity index (χ3n) is 7.54. The van der Waals surface area contributed by atoms with E-state index in [4.69, 9.17) is 0 Å². The van der Waals surface area contributed by atoms with Gasteiger partial charge in [-0.2, -0.15) is 0 Å². The molecule has 0 bridgehead atoms. The average Bonchev–Trinajstić information content (AvgIpc) is 3.47. The van der Waals surface area contributed by atoms with Gasteiger partial charge in [-0.25, -0.2) is 4.39 Å². The predicted molar refractivity (Wildman–Crippen MR) is 134 cm³/mol. The first-order chi connectivity index (χ1) is 16.1. The highest BCUT2D eigenvalue weighted by Gasteiger charge is 2.27. The molecule has 1 unspecified atom stereocenters. The molecule has 2 aliphatic rings. The van der Waals surface area contributed by atoms with E-state index < -0.39 is 0 Å². The number of hydrogen-bond donors (Lipinski definition) is 2. The lowest BCUT2D eigenvalue weighted by Crippen LogP contribution is -2.47. The summed E-state index contributed by atoms with van der Waals surface area (Å²) in [5, 5.41) is 10.8. The topological polar surface area (TPSA) is 45.7 Å². The van der Waals surface area contributed by atoms with Gasteiger partial charge in [-0.1, -0.05) is 6.07 Å². The minimum atomic E-state index is -0.171. The Morgan fingerprint density at radius 1 is 1.06 bits per heavy atom. The lowest BCUT2D eigenvalue weighted by Gasteiger charge is -2.38. The fraction of sp³-hybridized carbons (Fsp3) is 0.481. The first kappa shape index (κ1) is 22.2. The van der Waals surface area contributed by atoms with E-state index in [0.717, 1.165) is 75.9 Å². The molecule has 0 amide bonds. The van der Waals surface area contributed by atoms with E-state index in [1.54, 1.807) is 6.07 Å². The number of benzene rings is 2. The number of piperazine rings is 1. The van der Waals surface area contributed by atoms with Crippen LogP contribution in [0.1, 0.15) is 30.4 Å². The van der Waals surface area contributed by atoms with Crippen LogP contribution in [-0.4, -0.2) is 66.9 Å². The highest BCUT2D eigenvalue weighted by atomic mass is 19.1. The molecule has 0 aliphatic carbocycles. The van der Waals surface area contributed by atoms with Gasteiger partial charge in [0, 0.05) is 61.2 Å². The number of aliphatic hydroxyl groups excluding tert-OH is 1. The summed E-state index contributed by atoms with van der Waals surface area (Å²) in [6.45, 7) is 8.76. The quantitative estimate of drug-likeness (QED) is 0.562. The van der Waals surface area contributed by atoms with Gasteiger partial charge in [0.05, 0.1) is 12.6 Å². The van der Waals surface area contributed by atoms with E-state index in [9.17, 15) is 9.50 Å². The maximum absolute atomic E-state index is 13.6. The van der Waals surface area contributed by atoms with Gasteiger partial charge in [0.15, 0.2) is 0 Å². The Morgan fingerprint density at radius 3 is 2.70 bits per heavy atom. The SMILES string of the molecule is Cc1c(N2CCN(CCCc3c[nH]c4ccc(F)cc34)CC2)cccc1N1CCCC1CO. The number of aromatic nitrogens is 1. The molecule has 2 aliphatic heterocycles. The molecular formula is C27H35FN4O. The van der Waals surface area contributed by atoms with Crippen molar-refractivity contribution in [2.75, 3.05) is 55.7 Å². The highest BCUT2D eigenvalue weighted by Crippen LogP contribution is 2.34. The monoisotopic (exact) mass is 450 g/mol. The molecule has 0 radical (unpaired) electrons. The van der Waals surface area contributed by atoms with E-state index in [1.807, 2.05) is 12.3 Å². The molecule has 1 aromatic heterocycles. The Labute approximate surface area is 195 Å². The van der Waals surface area contributed by atoms with E-state index in [0.29, 0.717) is 0 Å². The van der Waals surface area contributed by atoms with Crippen LogP contribution in [0, 0.1) is 12.7 Å². The normalized spacial score (nSPS) is 19.7. The molecule has 3 heterocycles. The van der Waals surface area contributed by atoms with Crippen LogP contribution in [-0.2, 0) is 6.42 Å². The molecule has 6 heteroatoms. The van der Waals surface area contributed by atoms with Crippen molar-refractivity contribution in [1.82, 2.24) is 9.88 Å². The Hall–Kier alpha value is -2.57. The van der Waals surface area contributed by atoms with Crippen molar-refractivity contribution in [3.63, 3.8) is 0 Å². The average molecular weight is 451 g/mol. The molecule has 2 saturated heterocycles. The van der Waals surface area contributed by atoms with Gasteiger partial charge in [0.25, 0.3) is 0 Å². The Balaban J connectivity index is 1.16. The van der Waals surface area contributed by atoms with Gasteiger partial charge in [-0.3, -0.25) is 4.90 Å². The van der Waals surface area contributed by atoms with Crippen molar-refractivity contribution in [2.24, 2.45) is 0 Å². The van der Waals surface area contributed by atoms with Crippen LogP contribution < -0.4 is 9.80 Å². The largest absolute Gasteiger partial charge is 0.394 e. The summed E-state index contributed by atoms with van der Waals surface area (Å²) < 4.78 is 13.6. The second-order valence-corrected chi connectivity index (χ2v) is 9.53. The number of rotatable bonds is 7. The lowest BCUT2D eigenvalue weighted by molar-refractivity contribution is 0.255. The van der Waals surface area contributed by atoms with Gasteiger partial charge in [-0.05, 0) is 80.6 Å². The van der Waals surface area contributed by atoms with Crippen molar-refractivity contribution in [1.29, 1.82) is 0 Å². The molecule has 2 fully saturated rings. The summed E-state index contributed by atoms with van der Waals surface area (Å²) >= 11 is 0. The van der Waals surface area contributed by atoms with Crippen LogP contribution in [0.15, 0.2) is 42.6 Å². The maximum Gasteiger partial charge on any atom is 0.123 e. The number of H-pyrrole nitrogens is 1. The summed E-state index contributed by atoms with van der Waals surface area (Å²) in [6.07, 6.45) is 6.30. The third-order valence-corrected chi connectivity index (χ3v) is 7.54. The van der Waals surface area contributed by atoms with Gasteiger partial charge < -0.3 is 19.9 Å². The van der Waals surface area contributed by atoms with E-state index in [2.05, 4.69) is 44.8 Å². The molecule has 5 nitrogen and oxygen atoms in total. The molecule has 176 valence electrons. The van der Waals surface area contributed by atoms with Crippen molar-refractivity contribution in [3.8, 4) is 0 Å². The molecule has 3 aromatic rings. The fourth-order valence-electron chi connectivity index (χ4n) is 5.67. The van der Waals surface area contributed by atoms with Gasteiger partial charge in [-0.15, -0.1) is 0 Å². The number of nitrogens with zero attached hydrogens (tertiary/aromatic N) is 3. The molecule has 0 spiro atoms. The minimum absolute atomic E-state index is 0.171. The zero-order valence-corrected chi connectivity index (χ0v) is 19.6. The maximum atomic E-state index is 13.6. The smallest absolute Gasteiger partial charge is 0.123 e. The number of fused-ring (bicyclic) bond motifs is 1. The number of aryl methyl sites for hydroxylation is 1. The Kier molecular flexibility index (Phi) is 6.56. The van der Waals surface area contributed by atoms with Crippen LogP contribution >= 0.6 is 0 Å². The zero-order valence-electron chi connectivity index (χ0n) is 19.6. The number of aromatic amines is 1. The Morgan fingerprint density at radius 2 is 1.88 bits per heavy atom. The summed E-state index contributed by atoms with van der Waals surface area (Å²) in [7, 11) is 0. The third kappa shape index (κ3) is 4.59. The molecule has 0 saturated carbocycles. The van der Waals surface area contributed by atoms with Gasteiger partial charge in [0.2, 0.25) is 0 Å². The number of hydrogen-bond acceptors (Lipinski definition) is 4. The predicted octanol–water partition coefficient (Wildman–Crippen LogP) is 4.33. The van der Waals surface area contributed by atoms with Crippen LogP contribution in [0.5, 0.6) is 0 Å². The van der Waals surface area contributed by atoms with E-state index in [-0.39, 0.29) is 18.5 Å². The Bertz CT molecular complexity index is 1090. The van der Waals surface area contributed by atoms with Crippen molar-refractivity contribution >= 4 is 22.3 Å². The number of halogens is 1. The van der Waals surface area contributed by atoms with Crippen molar-refractivity contribution < 1.29 is 9.50 Å². The number of nitrogens with one attached hydrogen (secondary N) is 1. The standard InChI is InChI=1S/C27H35FN4O/c1-20-26(7-2-8-27(20)32-12-4-6-23(32)19-33)31-15-13-30(14-16-31)11-3-5-21-18-29-25-10-9-22(28)17-24(21)25/h2,7-10,17-18,23,29,33H,3-6,11-16,19H2,1H3.